The molecule has 1 unspecified atom stereocenters. The highest BCUT2D eigenvalue weighted by molar-refractivity contribution is 9.10. The van der Waals surface area contributed by atoms with Crippen LogP contribution in [0, 0.1) is 6.92 Å². The van der Waals surface area contributed by atoms with Gasteiger partial charge in [-0.15, -0.1) is 0 Å². The fourth-order valence-electron chi connectivity index (χ4n) is 1.35. The van der Waals surface area contributed by atoms with Crippen LogP contribution in [0.2, 0.25) is 0 Å². The summed E-state index contributed by atoms with van der Waals surface area (Å²) in [6.07, 6.45) is 2.21. The molecule has 2 heteroatoms. The van der Waals surface area contributed by atoms with Crippen molar-refractivity contribution in [3.63, 3.8) is 0 Å². The zero-order chi connectivity index (χ0) is 11.4. The molecular formula is C13H18BrN. The Morgan fingerprint density at radius 3 is 2.67 bits per heavy atom. The van der Waals surface area contributed by atoms with Gasteiger partial charge >= 0.3 is 0 Å². The molecule has 0 amide bonds. The number of halogens is 1. The van der Waals surface area contributed by atoms with Crippen molar-refractivity contribution in [3.05, 3.63) is 39.4 Å². The highest BCUT2D eigenvalue weighted by Gasteiger charge is 2.02. The number of nitrogens with one attached hydrogen (secondary N) is 1. The Bertz CT molecular complexity index is 369. The number of aryl methyl sites for hydroxylation is 1. The quantitative estimate of drug-likeness (QED) is 0.880. The van der Waals surface area contributed by atoms with Crippen LogP contribution in [-0.2, 0) is 0 Å². The van der Waals surface area contributed by atoms with Crippen molar-refractivity contribution in [1.82, 2.24) is 5.32 Å². The van der Waals surface area contributed by atoms with E-state index in [-0.39, 0.29) is 0 Å². The Kier molecular flexibility index (Phi) is 4.55. The molecule has 0 saturated carbocycles. The summed E-state index contributed by atoms with van der Waals surface area (Å²) in [5, 5.41) is 3.23. The smallest absolute Gasteiger partial charge is 0.0250 e. The van der Waals surface area contributed by atoms with E-state index in [0.29, 0.717) is 6.04 Å². The van der Waals surface area contributed by atoms with Gasteiger partial charge in [-0.05, 0) is 45.0 Å². The lowest BCUT2D eigenvalue weighted by Gasteiger charge is -2.11. The number of benzene rings is 1. The van der Waals surface area contributed by atoms with Crippen LogP contribution >= 0.6 is 15.9 Å². The molecule has 0 aromatic heterocycles. The van der Waals surface area contributed by atoms with E-state index in [9.17, 15) is 0 Å². The van der Waals surface area contributed by atoms with Gasteiger partial charge in [0.1, 0.15) is 0 Å². The minimum atomic E-state index is 0.415. The lowest BCUT2D eigenvalue weighted by atomic mass is 10.1. The second kappa shape index (κ2) is 5.47. The average molecular weight is 268 g/mol. The third-order valence-corrected chi connectivity index (χ3v) is 3.34. The molecule has 0 bridgehead atoms. The van der Waals surface area contributed by atoms with Gasteiger partial charge in [-0.1, -0.05) is 39.7 Å². The predicted octanol–water partition coefficient (Wildman–Crippen LogP) is 3.77. The molecule has 1 aromatic rings. The van der Waals surface area contributed by atoms with Crippen LogP contribution in [-0.4, -0.2) is 13.1 Å². The van der Waals surface area contributed by atoms with Crippen LogP contribution in [0.15, 0.2) is 28.2 Å². The maximum Gasteiger partial charge on any atom is 0.0250 e. The lowest BCUT2D eigenvalue weighted by Crippen LogP contribution is -2.21. The topological polar surface area (TPSA) is 12.0 Å². The van der Waals surface area contributed by atoms with Gasteiger partial charge < -0.3 is 5.32 Å². The van der Waals surface area contributed by atoms with Gasteiger partial charge in [0.15, 0.2) is 0 Å². The summed E-state index contributed by atoms with van der Waals surface area (Å²) in [6, 6.07) is 6.83. The fourth-order valence-corrected chi connectivity index (χ4v) is 1.95. The molecule has 1 rings (SSSR count). The van der Waals surface area contributed by atoms with Crippen molar-refractivity contribution in [3.8, 4) is 0 Å². The molecule has 1 aromatic carbocycles. The standard InChI is InChI=1S/C13H18BrN/c1-9-5-6-12(13(14)7-9)8-10(2)11(3)15-4/h5-8,11,15H,1-4H3/b10-8+. The van der Waals surface area contributed by atoms with E-state index < -0.39 is 0 Å². The highest BCUT2D eigenvalue weighted by Crippen LogP contribution is 2.21. The SMILES string of the molecule is CNC(C)/C(C)=C/c1ccc(C)cc1Br. The predicted molar refractivity (Wildman–Crippen MR) is 71.1 cm³/mol. The summed E-state index contributed by atoms with van der Waals surface area (Å²) in [5.41, 5.74) is 3.85. The van der Waals surface area contributed by atoms with E-state index in [1.165, 1.54) is 16.7 Å². The second-order valence-electron chi connectivity index (χ2n) is 3.92. The van der Waals surface area contributed by atoms with E-state index >= 15 is 0 Å². The highest BCUT2D eigenvalue weighted by atomic mass is 79.9. The van der Waals surface area contributed by atoms with Gasteiger partial charge in [-0.25, -0.2) is 0 Å². The Labute approximate surface area is 101 Å². The van der Waals surface area contributed by atoms with Crippen LogP contribution in [0.25, 0.3) is 6.08 Å². The van der Waals surface area contributed by atoms with Gasteiger partial charge in [0.2, 0.25) is 0 Å². The van der Waals surface area contributed by atoms with Crippen molar-refractivity contribution >= 4 is 22.0 Å². The normalized spacial score (nSPS) is 14.1. The van der Waals surface area contributed by atoms with Gasteiger partial charge in [0, 0.05) is 10.5 Å². The molecule has 0 aliphatic rings. The van der Waals surface area contributed by atoms with Crippen LogP contribution < -0.4 is 5.32 Å². The summed E-state index contributed by atoms with van der Waals surface area (Å²) < 4.78 is 1.16. The van der Waals surface area contributed by atoms with Crippen molar-refractivity contribution in [1.29, 1.82) is 0 Å². The molecule has 1 N–H and O–H groups in total. The molecular weight excluding hydrogens is 250 g/mol. The molecule has 15 heavy (non-hydrogen) atoms. The molecule has 0 aliphatic heterocycles. The second-order valence-corrected chi connectivity index (χ2v) is 4.78. The Hall–Kier alpha value is -0.600. The van der Waals surface area contributed by atoms with Gasteiger partial charge in [0.05, 0.1) is 0 Å². The first-order valence-electron chi connectivity index (χ1n) is 5.16. The van der Waals surface area contributed by atoms with Crippen LogP contribution in [0.4, 0.5) is 0 Å². The number of rotatable bonds is 3. The van der Waals surface area contributed by atoms with E-state index in [1.807, 2.05) is 7.05 Å². The third kappa shape index (κ3) is 3.47. The molecule has 0 heterocycles. The summed E-state index contributed by atoms with van der Waals surface area (Å²) in [7, 11) is 1.98. The largest absolute Gasteiger partial charge is 0.314 e. The van der Waals surface area contributed by atoms with Gasteiger partial charge in [0.25, 0.3) is 0 Å². The molecule has 0 aliphatic carbocycles. The van der Waals surface area contributed by atoms with Crippen LogP contribution in [0.1, 0.15) is 25.0 Å². The molecule has 0 spiro atoms. The Morgan fingerprint density at radius 1 is 1.47 bits per heavy atom. The zero-order valence-electron chi connectivity index (χ0n) is 9.76. The zero-order valence-corrected chi connectivity index (χ0v) is 11.4. The molecule has 0 fully saturated rings. The maximum atomic E-state index is 3.58. The summed E-state index contributed by atoms with van der Waals surface area (Å²) in [4.78, 5) is 0. The number of likely N-dealkylation sites (N-methyl/N-ethyl adjacent to an activating group) is 1. The van der Waals surface area contributed by atoms with Crippen molar-refractivity contribution < 1.29 is 0 Å². The first-order valence-corrected chi connectivity index (χ1v) is 5.95. The summed E-state index contributed by atoms with van der Waals surface area (Å²) >= 11 is 3.58. The minimum absolute atomic E-state index is 0.415. The van der Waals surface area contributed by atoms with Crippen molar-refractivity contribution in [2.45, 2.75) is 26.8 Å². The Balaban J connectivity index is 2.98. The molecule has 0 radical (unpaired) electrons. The van der Waals surface area contributed by atoms with Crippen molar-refractivity contribution in [2.24, 2.45) is 0 Å². The monoisotopic (exact) mass is 267 g/mol. The Morgan fingerprint density at radius 2 is 2.13 bits per heavy atom. The number of hydrogen-bond acceptors (Lipinski definition) is 1. The molecule has 1 nitrogen and oxygen atoms in total. The lowest BCUT2D eigenvalue weighted by molar-refractivity contribution is 0.696. The van der Waals surface area contributed by atoms with E-state index in [2.05, 4.69) is 66.3 Å². The number of hydrogen-bond donors (Lipinski definition) is 1. The van der Waals surface area contributed by atoms with Crippen molar-refractivity contribution in [2.75, 3.05) is 7.05 Å². The fraction of sp³-hybridized carbons (Fsp3) is 0.385. The molecule has 1 atom stereocenters. The average Bonchev–Trinajstić information content (AvgIpc) is 2.20. The molecule has 82 valence electrons. The first-order chi connectivity index (χ1) is 7.04. The van der Waals surface area contributed by atoms with Gasteiger partial charge in [-0.2, -0.15) is 0 Å². The summed E-state index contributed by atoms with van der Waals surface area (Å²) in [5.74, 6) is 0. The van der Waals surface area contributed by atoms with Crippen LogP contribution in [0.5, 0.6) is 0 Å². The first kappa shape index (κ1) is 12.5. The maximum absolute atomic E-state index is 3.58. The van der Waals surface area contributed by atoms with Crippen LogP contribution in [0.3, 0.4) is 0 Å². The minimum Gasteiger partial charge on any atom is -0.314 e. The third-order valence-electron chi connectivity index (χ3n) is 2.66. The molecule has 0 saturated heterocycles. The van der Waals surface area contributed by atoms with E-state index in [1.54, 1.807) is 0 Å². The summed E-state index contributed by atoms with van der Waals surface area (Å²) in [6.45, 7) is 6.41. The van der Waals surface area contributed by atoms with Gasteiger partial charge in [-0.3, -0.25) is 0 Å². The van der Waals surface area contributed by atoms with E-state index in [0.717, 1.165) is 4.47 Å². The van der Waals surface area contributed by atoms with E-state index in [4.69, 9.17) is 0 Å².